The van der Waals surface area contributed by atoms with Crippen molar-refractivity contribution in [1.29, 1.82) is 0 Å². The van der Waals surface area contributed by atoms with E-state index in [0.717, 1.165) is 12.8 Å². The Hall–Kier alpha value is -3.44. The van der Waals surface area contributed by atoms with Crippen molar-refractivity contribution < 1.29 is 4.79 Å². The summed E-state index contributed by atoms with van der Waals surface area (Å²) in [7, 11) is 0. The fourth-order valence-electron chi connectivity index (χ4n) is 6.88. The second-order valence-corrected chi connectivity index (χ2v) is 13.2. The number of hydrogen-bond acceptors (Lipinski definition) is 2. The molecule has 0 saturated carbocycles. The number of benzene rings is 5. The lowest BCUT2D eigenvalue weighted by Gasteiger charge is -2.32. The number of rotatable bonds is 2. The van der Waals surface area contributed by atoms with E-state index in [0.29, 0.717) is 5.92 Å². The van der Waals surface area contributed by atoms with E-state index in [2.05, 4.69) is 152 Å². The second kappa shape index (κ2) is 11.1. The number of ketones is 1. The summed E-state index contributed by atoms with van der Waals surface area (Å²) in [4.78, 5) is 12.4. The molecule has 0 aromatic heterocycles. The number of carbonyl (C=O) groups excluding carboxylic acids is 1. The van der Waals surface area contributed by atoms with E-state index in [1.165, 1.54) is 58.6 Å². The summed E-state index contributed by atoms with van der Waals surface area (Å²) >= 11 is 2.45. The van der Waals surface area contributed by atoms with Crippen LogP contribution < -0.4 is 5.32 Å². The smallest absolute Gasteiger partial charge is 0.137 e. The number of hydrogen-bond donors (Lipinski definition) is 1. The largest absolute Gasteiger partial charge is 0.376 e. The molecule has 2 atom stereocenters. The van der Waals surface area contributed by atoms with Gasteiger partial charge in [-0.3, -0.25) is 4.79 Å². The van der Waals surface area contributed by atoms with Crippen molar-refractivity contribution in [3.05, 3.63) is 129 Å². The van der Waals surface area contributed by atoms with E-state index in [1.807, 2.05) is 0 Å². The highest BCUT2D eigenvalue weighted by Gasteiger charge is 2.32. The Balaban J connectivity index is 0.000000195. The second-order valence-electron chi connectivity index (χ2n) is 12.0. The minimum atomic E-state index is 0.0171. The van der Waals surface area contributed by atoms with Crippen LogP contribution in [0.3, 0.4) is 0 Å². The topological polar surface area (TPSA) is 29.1 Å². The lowest BCUT2D eigenvalue weighted by atomic mass is 9.71. The van der Waals surface area contributed by atoms with Crippen LogP contribution in [0.2, 0.25) is 0 Å². The molecule has 1 aliphatic heterocycles. The monoisotopic (exact) mass is 649 g/mol. The fourth-order valence-corrected chi connectivity index (χ4v) is 7.66. The van der Waals surface area contributed by atoms with Crippen LogP contribution in [0.15, 0.2) is 103 Å². The van der Waals surface area contributed by atoms with Gasteiger partial charge in [0.1, 0.15) is 5.78 Å². The molecule has 5 aromatic carbocycles. The molecule has 2 nitrogen and oxygen atoms in total. The Kier molecular flexibility index (Phi) is 7.50. The molecule has 206 valence electrons. The van der Waals surface area contributed by atoms with E-state index in [4.69, 9.17) is 0 Å². The highest BCUT2D eigenvalue weighted by Crippen LogP contribution is 2.47. The SMILES string of the molecule is CC(=O)C1CCC(c2ccccc2)c2c1ccc1c2cc(I)c2ccccc21.CC1=CC(C)(C)Nc2ccccc21. The molecular formula is C38H36INO. The molecule has 0 bridgehead atoms. The maximum Gasteiger partial charge on any atom is 0.137 e. The van der Waals surface area contributed by atoms with Gasteiger partial charge >= 0.3 is 0 Å². The molecular weight excluding hydrogens is 613 g/mol. The maximum atomic E-state index is 12.4. The van der Waals surface area contributed by atoms with Crippen LogP contribution in [-0.4, -0.2) is 11.3 Å². The van der Waals surface area contributed by atoms with Crippen molar-refractivity contribution >= 4 is 61.2 Å². The van der Waals surface area contributed by atoms with Crippen LogP contribution in [0, 0.1) is 3.57 Å². The Labute approximate surface area is 257 Å². The van der Waals surface area contributed by atoms with Crippen LogP contribution >= 0.6 is 22.6 Å². The molecule has 1 heterocycles. The molecule has 7 rings (SSSR count). The van der Waals surface area contributed by atoms with Crippen molar-refractivity contribution in [2.24, 2.45) is 0 Å². The summed E-state index contributed by atoms with van der Waals surface area (Å²) in [5.41, 5.74) is 7.94. The zero-order chi connectivity index (χ0) is 28.7. The first-order valence-electron chi connectivity index (χ1n) is 14.5. The van der Waals surface area contributed by atoms with Crippen molar-refractivity contribution in [1.82, 2.24) is 0 Å². The molecule has 0 fully saturated rings. The third kappa shape index (κ3) is 5.32. The van der Waals surface area contributed by atoms with Crippen LogP contribution in [0.25, 0.3) is 27.1 Å². The summed E-state index contributed by atoms with van der Waals surface area (Å²) < 4.78 is 1.27. The van der Waals surface area contributed by atoms with Crippen molar-refractivity contribution in [3.8, 4) is 0 Å². The minimum absolute atomic E-state index is 0.0171. The van der Waals surface area contributed by atoms with Gasteiger partial charge in [-0.15, -0.1) is 0 Å². The lowest BCUT2D eigenvalue weighted by Crippen LogP contribution is -2.31. The number of halogens is 1. The van der Waals surface area contributed by atoms with Gasteiger partial charge in [-0.05, 0) is 119 Å². The third-order valence-electron chi connectivity index (χ3n) is 8.61. The molecule has 5 aromatic rings. The van der Waals surface area contributed by atoms with E-state index in [1.54, 1.807) is 6.92 Å². The maximum absolute atomic E-state index is 12.4. The van der Waals surface area contributed by atoms with Gasteiger partial charge in [0, 0.05) is 26.7 Å². The van der Waals surface area contributed by atoms with Crippen LogP contribution in [0.4, 0.5) is 5.69 Å². The summed E-state index contributed by atoms with van der Waals surface area (Å²) in [6.45, 7) is 8.28. The molecule has 41 heavy (non-hydrogen) atoms. The molecule has 2 unspecified atom stereocenters. The van der Waals surface area contributed by atoms with E-state index in [-0.39, 0.29) is 17.2 Å². The number of allylic oxidation sites excluding steroid dienone is 1. The van der Waals surface area contributed by atoms with Gasteiger partial charge in [-0.2, -0.15) is 0 Å². The zero-order valence-electron chi connectivity index (χ0n) is 24.2. The predicted molar refractivity (Wildman–Crippen MR) is 183 cm³/mol. The van der Waals surface area contributed by atoms with Crippen molar-refractivity contribution in [2.45, 2.75) is 57.9 Å². The first-order chi connectivity index (χ1) is 19.7. The van der Waals surface area contributed by atoms with Crippen LogP contribution in [0.5, 0.6) is 0 Å². The van der Waals surface area contributed by atoms with E-state index >= 15 is 0 Å². The summed E-state index contributed by atoms with van der Waals surface area (Å²) in [6.07, 6.45) is 4.22. The van der Waals surface area contributed by atoms with Crippen LogP contribution in [-0.2, 0) is 4.79 Å². The number of carbonyl (C=O) groups is 1. The fraction of sp³-hybridized carbons (Fsp3) is 0.237. The highest BCUT2D eigenvalue weighted by molar-refractivity contribution is 14.1. The normalized spacial score (nSPS) is 18.8. The molecule has 1 N–H and O–H groups in total. The average Bonchev–Trinajstić information content (AvgIpc) is 2.97. The number of anilines is 1. The molecule has 3 heteroatoms. The van der Waals surface area contributed by atoms with Gasteiger partial charge in [0.2, 0.25) is 0 Å². The number of nitrogens with one attached hydrogen (secondary N) is 1. The van der Waals surface area contributed by atoms with Gasteiger partial charge in [-0.1, -0.05) is 91.0 Å². The predicted octanol–water partition coefficient (Wildman–Crippen LogP) is 10.5. The number of Topliss-reactive ketones (excluding diaryl/α,β-unsaturated/α-hetero) is 1. The number of para-hydroxylation sites is 1. The Morgan fingerprint density at radius 3 is 2.22 bits per heavy atom. The van der Waals surface area contributed by atoms with Gasteiger partial charge in [0.15, 0.2) is 0 Å². The lowest BCUT2D eigenvalue weighted by molar-refractivity contribution is -0.118. The molecule has 0 spiro atoms. The Morgan fingerprint density at radius 1 is 0.805 bits per heavy atom. The quantitative estimate of drug-likeness (QED) is 0.152. The summed E-state index contributed by atoms with van der Waals surface area (Å²) in [6, 6.07) is 34.6. The van der Waals surface area contributed by atoms with E-state index in [9.17, 15) is 4.79 Å². The summed E-state index contributed by atoms with van der Waals surface area (Å²) in [5.74, 6) is 0.638. The Bertz CT molecular complexity index is 1800. The summed E-state index contributed by atoms with van der Waals surface area (Å²) in [5, 5.41) is 8.68. The van der Waals surface area contributed by atoms with Crippen molar-refractivity contribution in [3.63, 3.8) is 0 Å². The van der Waals surface area contributed by atoms with Gasteiger partial charge < -0.3 is 5.32 Å². The Morgan fingerprint density at radius 2 is 1.46 bits per heavy atom. The zero-order valence-corrected chi connectivity index (χ0v) is 26.3. The third-order valence-corrected chi connectivity index (χ3v) is 9.51. The van der Waals surface area contributed by atoms with E-state index < -0.39 is 0 Å². The first kappa shape index (κ1) is 27.7. The molecule has 2 aliphatic rings. The molecule has 0 saturated heterocycles. The molecule has 0 radical (unpaired) electrons. The van der Waals surface area contributed by atoms with Gasteiger partial charge in [0.05, 0.1) is 5.54 Å². The van der Waals surface area contributed by atoms with Crippen molar-refractivity contribution in [2.75, 3.05) is 5.32 Å². The first-order valence-corrected chi connectivity index (χ1v) is 15.6. The highest BCUT2D eigenvalue weighted by atomic mass is 127. The van der Waals surface area contributed by atoms with Gasteiger partial charge in [0.25, 0.3) is 0 Å². The minimum Gasteiger partial charge on any atom is -0.376 e. The average molecular weight is 650 g/mol. The number of fused-ring (bicyclic) bond motifs is 6. The van der Waals surface area contributed by atoms with Crippen LogP contribution in [0.1, 0.15) is 74.6 Å². The molecule has 1 aliphatic carbocycles. The molecule has 0 amide bonds. The van der Waals surface area contributed by atoms with Gasteiger partial charge in [-0.25, -0.2) is 0 Å². The standard InChI is InChI=1S/C26H21IO.C12H15N/c1-16(28)18-11-12-19(17-7-3-2-4-8-17)26-23(18)14-13-21-20-9-5-6-10-22(20)25(27)15-24(21)26;1-9-8-12(2,3)13-11-7-5-4-6-10(9)11/h2-10,13-15,18-19H,11-12H2,1H3;4-8,13H,1-3H3.